The number of anilines is 3. The maximum Gasteiger partial charge on any atom is 0.183 e. The van der Waals surface area contributed by atoms with E-state index >= 15 is 0 Å². The van der Waals surface area contributed by atoms with Crippen LogP contribution in [0.3, 0.4) is 0 Å². The van der Waals surface area contributed by atoms with Crippen molar-refractivity contribution in [1.29, 1.82) is 0 Å². The molecular formula is C21H28N8. The van der Waals surface area contributed by atoms with Crippen molar-refractivity contribution in [3.8, 4) is 0 Å². The predicted molar refractivity (Wildman–Crippen MR) is 114 cm³/mol. The van der Waals surface area contributed by atoms with E-state index in [-0.39, 0.29) is 11.5 Å². The van der Waals surface area contributed by atoms with Gasteiger partial charge in [0.2, 0.25) is 0 Å². The molecule has 0 bridgehead atoms. The molecule has 29 heavy (non-hydrogen) atoms. The Bertz CT molecular complexity index is 1020. The van der Waals surface area contributed by atoms with Gasteiger partial charge in [-0.2, -0.15) is 5.10 Å². The lowest BCUT2D eigenvalue weighted by Gasteiger charge is -2.42. The monoisotopic (exact) mass is 392 g/mol. The van der Waals surface area contributed by atoms with E-state index in [1.54, 1.807) is 0 Å². The lowest BCUT2D eigenvalue weighted by molar-refractivity contribution is 0.205. The number of hydrogen-bond donors (Lipinski definition) is 2. The molecular weight excluding hydrogens is 364 g/mol. The summed E-state index contributed by atoms with van der Waals surface area (Å²) in [4.78, 5) is 18.6. The molecule has 0 unspecified atom stereocenters. The zero-order valence-corrected chi connectivity index (χ0v) is 17.1. The fourth-order valence-corrected chi connectivity index (χ4v) is 4.44. The molecule has 8 heteroatoms. The molecule has 0 saturated carbocycles. The van der Waals surface area contributed by atoms with E-state index in [2.05, 4.69) is 44.9 Å². The molecule has 5 heterocycles. The Labute approximate surface area is 170 Å². The second kappa shape index (κ2) is 6.95. The average molecular weight is 393 g/mol. The van der Waals surface area contributed by atoms with Crippen LogP contribution in [-0.4, -0.2) is 50.8 Å². The first-order valence-corrected chi connectivity index (χ1v) is 10.5. The van der Waals surface area contributed by atoms with Gasteiger partial charge in [0.25, 0.3) is 0 Å². The second-order valence-corrected chi connectivity index (χ2v) is 8.63. The summed E-state index contributed by atoms with van der Waals surface area (Å²) in [5, 5.41) is 7.66. The summed E-state index contributed by atoms with van der Waals surface area (Å²) in [5.74, 6) is 1.73. The minimum atomic E-state index is 0.199. The number of nitrogens with two attached hydrogens (primary N) is 1. The zero-order valence-electron chi connectivity index (χ0n) is 17.1. The maximum absolute atomic E-state index is 6.20. The van der Waals surface area contributed by atoms with Crippen LogP contribution in [0.1, 0.15) is 38.8 Å². The summed E-state index contributed by atoms with van der Waals surface area (Å²) in [5.41, 5.74) is 10.2. The number of nitrogens with zero attached hydrogens (tertiary/aromatic N) is 6. The van der Waals surface area contributed by atoms with Gasteiger partial charge < -0.3 is 15.5 Å². The first kappa shape index (κ1) is 18.3. The van der Waals surface area contributed by atoms with Crippen molar-refractivity contribution < 1.29 is 0 Å². The number of H-pyrrole nitrogens is 1. The Morgan fingerprint density at radius 2 is 2.03 bits per heavy atom. The van der Waals surface area contributed by atoms with Crippen LogP contribution in [0.4, 0.5) is 17.3 Å². The van der Waals surface area contributed by atoms with Crippen molar-refractivity contribution in [3.63, 3.8) is 0 Å². The molecule has 0 aliphatic carbocycles. The summed E-state index contributed by atoms with van der Waals surface area (Å²) in [6.45, 7) is 7.21. The van der Waals surface area contributed by atoms with Crippen molar-refractivity contribution in [2.75, 3.05) is 29.4 Å². The third-order valence-electron chi connectivity index (χ3n) is 6.78. The molecule has 0 aromatic carbocycles. The Balaban J connectivity index is 1.42. The van der Waals surface area contributed by atoms with Gasteiger partial charge in [0, 0.05) is 31.9 Å². The topological polar surface area (TPSA) is 99.9 Å². The molecule has 0 amide bonds. The van der Waals surface area contributed by atoms with Crippen LogP contribution < -0.4 is 15.5 Å². The molecule has 1 atom stereocenters. The molecule has 0 radical (unpaired) electrons. The van der Waals surface area contributed by atoms with Crippen molar-refractivity contribution in [2.24, 2.45) is 11.1 Å². The first-order chi connectivity index (χ1) is 14.0. The van der Waals surface area contributed by atoms with Gasteiger partial charge in [-0.15, -0.1) is 0 Å². The van der Waals surface area contributed by atoms with Crippen LogP contribution in [0.2, 0.25) is 0 Å². The van der Waals surface area contributed by atoms with Crippen molar-refractivity contribution in [2.45, 2.75) is 45.6 Å². The van der Waals surface area contributed by atoms with E-state index in [4.69, 9.17) is 15.7 Å². The SMILES string of the molecule is C[C@H](N)C1(C)CCN(c2cnc3c(N4CCCc5ncccc54)n[nH]c3n2)CC1. The van der Waals surface area contributed by atoms with E-state index in [0.29, 0.717) is 0 Å². The van der Waals surface area contributed by atoms with E-state index in [1.807, 2.05) is 18.5 Å². The standard InChI is InChI=1S/C21H28N8/c1-14(22)21(2)7-11-28(12-8-21)17-13-24-18-19(25-17)26-27-20(18)29-10-4-5-15-16(29)6-3-9-23-15/h3,6,9,13-14H,4-5,7-8,10-12,22H2,1-2H3,(H,25,26,27)/t14-/m0/s1. The maximum atomic E-state index is 6.20. The summed E-state index contributed by atoms with van der Waals surface area (Å²) in [6.07, 6.45) is 7.92. The van der Waals surface area contributed by atoms with E-state index < -0.39 is 0 Å². The number of aromatic nitrogens is 5. The highest BCUT2D eigenvalue weighted by Gasteiger charge is 2.34. The van der Waals surface area contributed by atoms with Crippen LogP contribution in [0, 0.1) is 5.41 Å². The Morgan fingerprint density at radius 1 is 1.21 bits per heavy atom. The number of fused-ring (bicyclic) bond motifs is 2. The number of aromatic amines is 1. The number of rotatable bonds is 3. The summed E-state index contributed by atoms with van der Waals surface area (Å²) in [7, 11) is 0. The molecule has 1 fully saturated rings. The van der Waals surface area contributed by atoms with Gasteiger partial charge in [-0.3, -0.25) is 10.1 Å². The van der Waals surface area contributed by atoms with Gasteiger partial charge in [0.15, 0.2) is 17.0 Å². The van der Waals surface area contributed by atoms with Crippen LogP contribution in [0.25, 0.3) is 11.2 Å². The number of pyridine rings is 1. The fraction of sp³-hybridized carbons (Fsp3) is 0.524. The minimum Gasteiger partial charge on any atom is -0.355 e. The smallest absolute Gasteiger partial charge is 0.183 e. The van der Waals surface area contributed by atoms with Gasteiger partial charge in [0.1, 0.15) is 5.82 Å². The van der Waals surface area contributed by atoms with Gasteiger partial charge in [0.05, 0.1) is 17.6 Å². The quantitative estimate of drug-likeness (QED) is 0.707. The molecule has 3 N–H and O–H groups in total. The van der Waals surface area contributed by atoms with Crippen LogP contribution >= 0.6 is 0 Å². The second-order valence-electron chi connectivity index (χ2n) is 8.63. The molecule has 1 saturated heterocycles. The number of aryl methyl sites for hydroxylation is 1. The van der Waals surface area contributed by atoms with Crippen LogP contribution in [0.15, 0.2) is 24.5 Å². The molecule has 3 aromatic heterocycles. The number of hydrogen-bond acceptors (Lipinski definition) is 7. The molecule has 2 aliphatic heterocycles. The molecule has 2 aliphatic rings. The van der Waals surface area contributed by atoms with Gasteiger partial charge in [-0.05, 0) is 50.2 Å². The molecule has 0 spiro atoms. The fourth-order valence-electron chi connectivity index (χ4n) is 4.44. The highest BCUT2D eigenvalue weighted by atomic mass is 15.3. The molecule has 5 rings (SSSR count). The van der Waals surface area contributed by atoms with Crippen molar-refractivity contribution >= 4 is 28.5 Å². The molecule has 152 valence electrons. The van der Waals surface area contributed by atoms with Gasteiger partial charge in [-0.1, -0.05) is 6.92 Å². The van der Waals surface area contributed by atoms with Gasteiger partial charge in [-0.25, -0.2) is 9.97 Å². The lowest BCUT2D eigenvalue weighted by atomic mass is 9.75. The first-order valence-electron chi connectivity index (χ1n) is 10.5. The summed E-state index contributed by atoms with van der Waals surface area (Å²) < 4.78 is 0. The lowest BCUT2D eigenvalue weighted by Crippen LogP contribution is -2.47. The van der Waals surface area contributed by atoms with Crippen LogP contribution in [-0.2, 0) is 6.42 Å². The minimum absolute atomic E-state index is 0.199. The predicted octanol–water partition coefficient (Wildman–Crippen LogP) is 2.79. The third-order valence-corrected chi connectivity index (χ3v) is 6.78. The number of nitrogens with one attached hydrogen (secondary N) is 1. The third kappa shape index (κ3) is 3.11. The summed E-state index contributed by atoms with van der Waals surface area (Å²) >= 11 is 0. The van der Waals surface area contributed by atoms with E-state index in [0.717, 1.165) is 79.5 Å². The number of piperidine rings is 1. The highest BCUT2D eigenvalue weighted by Crippen LogP contribution is 2.36. The van der Waals surface area contributed by atoms with Crippen molar-refractivity contribution in [3.05, 3.63) is 30.2 Å². The Morgan fingerprint density at radius 3 is 2.83 bits per heavy atom. The largest absolute Gasteiger partial charge is 0.355 e. The summed E-state index contributed by atoms with van der Waals surface area (Å²) in [6, 6.07) is 4.28. The Hall–Kier alpha value is -2.74. The highest BCUT2D eigenvalue weighted by molar-refractivity contribution is 5.87. The van der Waals surface area contributed by atoms with Gasteiger partial charge >= 0.3 is 0 Å². The zero-order chi connectivity index (χ0) is 20.0. The van der Waals surface area contributed by atoms with Crippen molar-refractivity contribution in [1.82, 2.24) is 25.1 Å². The Kier molecular flexibility index (Phi) is 4.38. The van der Waals surface area contributed by atoms with E-state index in [9.17, 15) is 0 Å². The average Bonchev–Trinajstić information content (AvgIpc) is 3.17. The van der Waals surface area contributed by atoms with Crippen LogP contribution in [0.5, 0.6) is 0 Å². The molecule has 3 aromatic rings. The van der Waals surface area contributed by atoms with E-state index in [1.165, 1.54) is 0 Å². The molecule has 8 nitrogen and oxygen atoms in total. The normalized spacial score (nSPS) is 20.0.